The predicted octanol–water partition coefficient (Wildman–Crippen LogP) is 4.93. The largest absolute Gasteiger partial charge is 0.369 e. The van der Waals surface area contributed by atoms with Gasteiger partial charge < -0.3 is 10.2 Å². The topological polar surface area (TPSA) is 47.6 Å². The first-order valence-corrected chi connectivity index (χ1v) is 11.5. The lowest BCUT2D eigenvalue weighted by Crippen LogP contribution is -2.46. The van der Waals surface area contributed by atoms with Gasteiger partial charge in [0.15, 0.2) is 5.11 Å². The Morgan fingerprint density at radius 3 is 2.27 bits per heavy atom. The summed E-state index contributed by atoms with van der Waals surface area (Å²) in [6, 6.07) is 21.5. The molecule has 3 aromatic carbocycles. The van der Waals surface area contributed by atoms with Crippen LogP contribution in [0.2, 0.25) is 5.02 Å². The summed E-state index contributed by atoms with van der Waals surface area (Å²) in [5.74, 6) is -0.445. The zero-order valence-electron chi connectivity index (χ0n) is 17.9. The molecule has 8 heteroatoms. The molecule has 0 saturated carbocycles. The smallest absolute Gasteiger partial charge is 0.257 e. The third kappa shape index (κ3) is 6.28. The number of nitrogens with one attached hydrogen (secondary N) is 2. The highest BCUT2D eigenvalue weighted by molar-refractivity contribution is 7.80. The molecule has 0 aliphatic carbocycles. The second-order valence-corrected chi connectivity index (χ2v) is 8.66. The minimum atomic E-state index is -0.297. The van der Waals surface area contributed by atoms with E-state index in [0.29, 0.717) is 17.1 Å². The molecule has 1 aliphatic heterocycles. The van der Waals surface area contributed by atoms with E-state index in [1.54, 1.807) is 30.3 Å². The first-order valence-electron chi connectivity index (χ1n) is 10.7. The van der Waals surface area contributed by atoms with Crippen molar-refractivity contribution in [2.75, 3.05) is 36.4 Å². The van der Waals surface area contributed by atoms with E-state index in [2.05, 4.69) is 20.4 Å². The van der Waals surface area contributed by atoms with Gasteiger partial charge in [-0.3, -0.25) is 15.0 Å². The van der Waals surface area contributed by atoms with E-state index < -0.39 is 0 Å². The minimum absolute atomic E-state index is 0.148. The summed E-state index contributed by atoms with van der Waals surface area (Å²) in [6.07, 6.45) is 0. The molecule has 0 bridgehead atoms. The first-order chi connectivity index (χ1) is 16.0. The highest BCUT2D eigenvalue weighted by Gasteiger charge is 2.18. The molecule has 0 atom stereocenters. The molecule has 0 unspecified atom stereocenters. The van der Waals surface area contributed by atoms with E-state index in [1.807, 2.05) is 36.4 Å². The average Bonchev–Trinajstić information content (AvgIpc) is 2.82. The van der Waals surface area contributed by atoms with Crippen molar-refractivity contribution >= 4 is 46.2 Å². The zero-order valence-corrected chi connectivity index (χ0v) is 19.5. The van der Waals surface area contributed by atoms with Crippen molar-refractivity contribution in [3.63, 3.8) is 0 Å². The monoisotopic (exact) mass is 482 g/mol. The summed E-state index contributed by atoms with van der Waals surface area (Å²) in [5.41, 5.74) is 3.12. The molecule has 0 radical (unpaired) electrons. The minimum Gasteiger partial charge on any atom is -0.369 e. The number of halogens is 2. The van der Waals surface area contributed by atoms with E-state index >= 15 is 0 Å². The molecule has 2 N–H and O–H groups in total. The van der Waals surface area contributed by atoms with E-state index in [0.717, 1.165) is 43.1 Å². The van der Waals surface area contributed by atoms with E-state index in [4.69, 9.17) is 23.8 Å². The lowest BCUT2D eigenvalue weighted by Gasteiger charge is -2.36. The molecule has 0 aromatic heterocycles. The van der Waals surface area contributed by atoms with Crippen LogP contribution in [0, 0.1) is 5.82 Å². The summed E-state index contributed by atoms with van der Waals surface area (Å²) >= 11 is 11.1. The quantitative estimate of drug-likeness (QED) is 0.505. The molecule has 3 aromatic rings. The maximum absolute atomic E-state index is 13.9. The lowest BCUT2D eigenvalue weighted by atomic mass is 10.1. The Morgan fingerprint density at radius 1 is 0.939 bits per heavy atom. The van der Waals surface area contributed by atoms with E-state index in [-0.39, 0.29) is 16.8 Å². The fourth-order valence-corrected chi connectivity index (χ4v) is 4.06. The van der Waals surface area contributed by atoms with Crippen molar-refractivity contribution in [1.29, 1.82) is 0 Å². The lowest BCUT2D eigenvalue weighted by molar-refractivity contribution is 0.0977. The number of benzene rings is 3. The Hall–Kier alpha value is -3.00. The van der Waals surface area contributed by atoms with Crippen molar-refractivity contribution in [2.45, 2.75) is 6.54 Å². The SMILES string of the molecule is O=C(NC(=S)Nc1ccc(N2CCN(Cc3ccccc3F)CC2)cc1)c1ccc(Cl)cc1. The highest BCUT2D eigenvalue weighted by atomic mass is 35.5. The van der Waals surface area contributed by atoms with Gasteiger partial charge in [-0.05, 0) is 66.8 Å². The predicted molar refractivity (Wildman–Crippen MR) is 135 cm³/mol. The Bertz CT molecular complexity index is 1120. The molecule has 5 nitrogen and oxygen atoms in total. The Balaban J connectivity index is 1.26. The Labute approximate surface area is 203 Å². The molecule has 1 fully saturated rings. The van der Waals surface area contributed by atoms with E-state index in [9.17, 15) is 9.18 Å². The van der Waals surface area contributed by atoms with Crippen LogP contribution in [0.25, 0.3) is 0 Å². The summed E-state index contributed by atoms with van der Waals surface area (Å²) in [4.78, 5) is 16.8. The summed E-state index contributed by atoms with van der Waals surface area (Å²) in [7, 11) is 0. The normalized spacial score (nSPS) is 14.1. The molecule has 33 heavy (non-hydrogen) atoms. The number of carbonyl (C=O) groups is 1. The van der Waals surface area contributed by atoms with Gasteiger partial charge >= 0.3 is 0 Å². The van der Waals surface area contributed by atoms with Crippen LogP contribution < -0.4 is 15.5 Å². The number of hydrogen-bond acceptors (Lipinski definition) is 4. The van der Waals surface area contributed by atoms with Gasteiger partial charge in [0, 0.05) is 60.2 Å². The average molecular weight is 483 g/mol. The molecule has 1 aliphatic rings. The van der Waals surface area contributed by atoms with Crippen LogP contribution >= 0.6 is 23.8 Å². The van der Waals surface area contributed by atoms with Crippen molar-refractivity contribution in [3.05, 3.63) is 94.8 Å². The van der Waals surface area contributed by atoms with Gasteiger partial charge in [0.05, 0.1) is 0 Å². The summed E-state index contributed by atoms with van der Waals surface area (Å²) in [5, 5.41) is 6.50. The van der Waals surface area contributed by atoms with Crippen LogP contribution in [0.15, 0.2) is 72.8 Å². The molecular formula is C25H24ClFN4OS. The molecule has 1 heterocycles. The first kappa shape index (κ1) is 23.2. The molecule has 1 amide bonds. The van der Waals surface area contributed by atoms with Crippen molar-refractivity contribution in [2.24, 2.45) is 0 Å². The molecule has 0 spiro atoms. The maximum atomic E-state index is 13.9. The van der Waals surface area contributed by atoms with Gasteiger partial charge in [-0.25, -0.2) is 4.39 Å². The van der Waals surface area contributed by atoms with Crippen molar-refractivity contribution in [3.8, 4) is 0 Å². The third-order valence-corrected chi connectivity index (χ3v) is 6.00. The van der Waals surface area contributed by atoms with Crippen molar-refractivity contribution in [1.82, 2.24) is 10.2 Å². The fourth-order valence-electron chi connectivity index (χ4n) is 3.73. The van der Waals surface area contributed by atoms with Gasteiger partial charge in [0.2, 0.25) is 0 Å². The standard InChI is InChI=1S/C25H24ClFN4OS/c26-20-7-5-18(6-8-20)24(32)29-25(33)28-21-9-11-22(12-10-21)31-15-13-30(14-16-31)17-19-3-1-2-4-23(19)27/h1-12H,13-17H2,(H2,28,29,32,33). The Morgan fingerprint density at radius 2 is 1.61 bits per heavy atom. The van der Waals surface area contributed by atoms with Gasteiger partial charge in [-0.15, -0.1) is 0 Å². The number of carbonyl (C=O) groups excluding carboxylic acids is 1. The second kappa shape index (κ2) is 10.7. The van der Waals surface area contributed by atoms with Crippen LogP contribution in [0.1, 0.15) is 15.9 Å². The number of amides is 1. The number of thiocarbonyl (C=S) groups is 1. The number of rotatable bonds is 5. The maximum Gasteiger partial charge on any atom is 0.257 e. The fraction of sp³-hybridized carbons (Fsp3) is 0.200. The number of hydrogen-bond donors (Lipinski definition) is 2. The molecule has 4 rings (SSSR count). The Kier molecular flexibility index (Phi) is 7.54. The van der Waals surface area contributed by atoms with Crippen LogP contribution in [0.5, 0.6) is 0 Å². The van der Waals surface area contributed by atoms with Gasteiger partial charge in [0.25, 0.3) is 5.91 Å². The van der Waals surface area contributed by atoms with Crippen molar-refractivity contribution < 1.29 is 9.18 Å². The van der Waals surface area contributed by atoms with Crippen LogP contribution in [0.4, 0.5) is 15.8 Å². The summed E-state index contributed by atoms with van der Waals surface area (Å²) < 4.78 is 13.9. The van der Waals surface area contributed by atoms with Gasteiger partial charge in [-0.1, -0.05) is 29.8 Å². The second-order valence-electron chi connectivity index (χ2n) is 7.82. The molecule has 1 saturated heterocycles. The molecular weight excluding hydrogens is 459 g/mol. The van der Waals surface area contributed by atoms with Gasteiger partial charge in [-0.2, -0.15) is 0 Å². The summed E-state index contributed by atoms with van der Waals surface area (Å²) in [6.45, 7) is 4.11. The molecule has 170 valence electrons. The number of piperazine rings is 1. The number of nitrogens with zero attached hydrogens (tertiary/aromatic N) is 2. The van der Waals surface area contributed by atoms with Crippen LogP contribution in [0.3, 0.4) is 0 Å². The third-order valence-electron chi connectivity index (χ3n) is 5.55. The highest BCUT2D eigenvalue weighted by Crippen LogP contribution is 2.21. The number of anilines is 2. The zero-order chi connectivity index (χ0) is 23.2. The van der Waals surface area contributed by atoms with Crippen LogP contribution in [-0.2, 0) is 6.54 Å². The van der Waals surface area contributed by atoms with Gasteiger partial charge in [0.1, 0.15) is 5.82 Å². The van der Waals surface area contributed by atoms with E-state index in [1.165, 1.54) is 6.07 Å². The van der Waals surface area contributed by atoms with Crippen LogP contribution in [-0.4, -0.2) is 42.1 Å².